The van der Waals surface area contributed by atoms with Crippen molar-refractivity contribution in [3.8, 4) is 5.69 Å². The minimum Gasteiger partial charge on any atom is -0.459 e. The Morgan fingerprint density at radius 3 is 2.76 bits per heavy atom. The molecule has 0 atom stereocenters. The lowest BCUT2D eigenvalue weighted by atomic mass is 9.84. The van der Waals surface area contributed by atoms with Crippen LogP contribution in [0.1, 0.15) is 24.4 Å². The zero-order valence-electron chi connectivity index (χ0n) is 11.8. The van der Waals surface area contributed by atoms with Crippen molar-refractivity contribution in [2.75, 3.05) is 0 Å². The highest BCUT2D eigenvalue weighted by molar-refractivity contribution is 5.73. The van der Waals surface area contributed by atoms with E-state index in [1.165, 1.54) is 0 Å². The summed E-state index contributed by atoms with van der Waals surface area (Å²) in [6.07, 6.45) is 1.43. The number of alkyl halides is 1. The lowest BCUT2D eigenvalue weighted by Crippen LogP contribution is -2.32. The van der Waals surface area contributed by atoms with Gasteiger partial charge in [-0.1, -0.05) is 18.2 Å². The van der Waals surface area contributed by atoms with Gasteiger partial charge in [0.2, 0.25) is 0 Å². The fourth-order valence-electron chi connectivity index (χ4n) is 2.53. The summed E-state index contributed by atoms with van der Waals surface area (Å²) in [6, 6.07) is 9.78. The molecule has 1 heterocycles. The zero-order chi connectivity index (χ0) is 14.8. The predicted molar refractivity (Wildman–Crippen MR) is 75.7 cm³/mol. The first-order chi connectivity index (χ1) is 10.1. The second-order valence-electron chi connectivity index (χ2n) is 5.34. The van der Waals surface area contributed by atoms with E-state index in [4.69, 9.17) is 4.74 Å². The predicted octanol–water partition coefficient (Wildman–Crippen LogP) is 2.97. The average Bonchev–Trinajstić information content (AvgIpc) is 2.83. The summed E-state index contributed by atoms with van der Waals surface area (Å²) >= 11 is 0. The minimum absolute atomic E-state index is 0.155. The van der Waals surface area contributed by atoms with E-state index >= 15 is 0 Å². The summed E-state index contributed by atoms with van der Waals surface area (Å²) in [7, 11) is 0. The van der Waals surface area contributed by atoms with Gasteiger partial charge in [0.1, 0.15) is 18.6 Å². The maximum atomic E-state index is 12.8. The van der Waals surface area contributed by atoms with Gasteiger partial charge >= 0.3 is 5.97 Å². The zero-order valence-corrected chi connectivity index (χ0v) is 11.8. The number of hydrogen-bond acceptors (Lipinski definition) is 3. The van der Waals surface area contributed by atoms with Gasteiger partial charge in [-0.25, -0.2) is 9.37 Å². The Bertz CT molecular complexity index is 633. The van der Waals surface area contributed by atoms with Gasteiger partial charge in [-0.3, -0.25) is 9.36 Å². The number of carbonyl (C=O) groups excluding carboxylic acids is 1. The Hall–Kier alpha value is -2.17. The Morgan fingerprint density at radius 1 is 1.38 bits per heavy atom. The summed E-state index contributed by atoms with van der Waals surface area (Å²) in [5.74, 6) is 0.233. The van der Waals surface area contributed by atoms with Crippen LogP contribution in [0.5, 0.6) is 0 Å². The third-order valence-electron chi connectivity index (χ3n) is 3.80. The van der Waals surface area contributed by atoms with Gasteiger partial charge in [-0.05, 0) is 31.9 Å². The highest BCUT2D eigenvalue weighted by Gasteiger charge is 2.35. The second kappa shape index (κ2) is 5.68. The molecule has 0 unspecified atom stereocenters. The van der Waals surface area contributed by atoms with E-state index in [0.717, 1.165) is 17.2 Å². The molecule has 1 aliphatic carbocycles. The van der Waals surface area contributed by atoms with Gasteiger partial charge in [-0.2, -0.15) is 0 Å². The van der Waals surface area contributed by atoms with E-state index in [0.29, 0.717) is 0 Å². The Morgan fingerprint density at radius 2 is 2.10 bits per heavy atom. The number of carbonyl (C=O) groups is 1. The Balaban J connectivity index is 1.70. The molecule has 21 heavy (non-hydrogen) atoms. The van der Waals surface area contributed by atoms with Crippen LogP contribution in [-0.2, 0) is 16.1 Å². The van der Waals surface area contributed by atoms with Gasteiger partial charge in [0.15, 0.2) is 0 Å². The number of halogens is 1. The Kier molecular flexibility index (Phi) is 3.73. The second-order valence-corrected chi connectivity index (χ2v) is 5.34. The number of para-hydroxylation sites is 1. The SMILES string of the molecule is Cc1ncc(COC(=O)C2CC(F)C2)n1-c1ccccc1. The molecule has 2 aromatic rings. The van der Waals surface area contributed by atoms with Gasteiger partial charge in [0.05, 0.1) is 17.8 Å². The van der Waals surface area contributed by atoms with Gasteiger partial charge in [0, 0.05) is 5.69 Å². The highest BCUT2D eigenvalue weighted by Crippen LogP contribution is 2.31. The van der Waals surface area contributed by atoms with E-state index in [2.05, 4.69) is 4.98 Å². The molecule has 0 bridgehead atoms. The van der Waals surface area contributed by atoms with Crippen LogP contribution in [0.25, 0.3) is 5.69 Å². The van der Waals surface area contributed by atoms with Crippen LogP contribution in [0.2, 0.25) is 0 Å². The molecule has 1 aromatic carbocycles. The van der Waals surface area contributed by atoms with Crippen LogP contribution in [-0.4, -0.2) is 21.7 Å². The van der Waals surface area contributed by atoms with Crippen LogP contribution in [0.4, 0.5) is 4.39 Å². The quantitative estimate of drug-likeness (QED) is 0.812. The maximum absolute atomic E-state index is 12.8. The Labute approximate surface area is 122 Å². The van der Waals surface area contributed by atoms with Crippen molar-refractivity contribution in [2.24, 2.45) is 5.92 Å². The first-order valence-corrected chi connectivity index (χ1v) is 7.04. The van der Waals surface area contributed by atoms with E-state index < -0.39 is 6.17 Å². The summed E-state index contributed by atoms with van der Waals surface area (Å²) in [5, 5.41) is 0. The van der Waals surface area contributed by atoms with Crippen molar-refractivity contribution in [1.82, 2.24) is 9.55 Å². The normalized spacial score (nSPS) is 20.9. The fraction of sp³-hybridized carbons (Fsp3) is 0.375. The van der Waals surface area contributed by atoms with Crippen LogP contribution < -0.4 is 0 Å². The van der Waals surface area contributed by atoms with E-state index in [1.54, 1.807) is 6.20 Å². The molecule has 1 fully saturated rings. The van der Waals surface area contributed by atoms with Gasteiger partial charge < -0.3 is 4.74 Å². The fourth-order valence-corrected chi connectivity index (χ4v) is 2.53. The van der Waals surface area contributed by atoms with Crippen molar-refractivity contribution >= 4 is 5.97 Å². The standard InChI is InChI=1S/C16H17FN2O2/c1-11-18-9-15(19(11)14-5-3-2-4-6-14)10-21-16(20)12-7-13(17)8-12/h2-6,9,12-13H,7-8,10H2,1H3. The number of aryl methyl sites for hydroxylation is 1. The molecule has 0 amide bonds. The minimum atomic E-state index is -0.848. The summed E-state index contributed by atoms with van der Waals surface area (Å²) < 4.78 is 20.0. The molecular formula is C16H17FN2O2. The molecule has 1 aliphatic rings. The van der Waals surface area contributed by atoms with E-state index in [-0.39, 0.29) is 31.3 Å². The molecule has 4 nitrogen and oxygen atoms in total. The molecular weight excluding hydrogens is 271 g/mol. The van der Waals surface area contributed by atoms with Gasteiger partial charge in [0.25, 0.3) is 0 Å². The molecule has 0 radical (unpaired) electrons. The van der Waals surface area contributed by atoms with E-state index in [9.17, 15) is 9.18 Å². The lowest BCUT2D eigenvalue weighted by Gasteiger charge is -2.27. The van der Waals surface area contributed by atoms with Crippen LogP contribution in [0.3, 0.4) is 0 Å². The topological polar surface area (TPSA) is 44.1 Å². The molecule has 0 saturated heterocycles. The van der Waals surface area contributed by atoms with Crippen molar-refractivity contribution < 1.29 is 13.9 Å². The number of benzene rings is 1. The van der Waals surface area contributed by atoms with Crippen molar-refractivity contribution in [3.05, 3.63) is 48.0 Å². The highest BCUT2D eigenvalue weighted by atomic mass is 19.1. The average molecular weight is 288 g/mol. The maximum Gasteiger partial charge on any atom is 0.309 e. The smallest absolute Gasteiger partial charge is 0.309 e. The summed E-state index contributed by atoms with van der Waals surface area (Å²) in [4.78, 5) is 16.1. The summed E-state index contributed by atoms with van der Waals surface area (Å²) in [6.45, 7) is 2.06. The number of aromatic nitrogens is 2. The van der Waals surface area contributed by atoms with Gasteiger partial charge in [-0.15, -0.1) is 0 Å². The summed E-state index contributed by atoms with van der Waals surface area (Å²) in [5.41, 5.74) is 1.79. The molecule has 1 saturated carbocycles. The monoisotopic (exact) mass is 288 g/mol. The first-order valence-electron chi connectivity index (χ1n) is 7.04. The number of rotatable bonds is 4. The lowest BCUT2D eigenvalue weighted by molar-refractivity contribution is -0.155. The number of ether oxygens (including phenoxy) is 1. The van der Waals surface area contributed by atoms with E-state index in [1.807, 2.05) is 41.8 Å². The number of imidazole rings is 1. The molecule has 0 spiro atoms. The number of nitrogens with zero attached hydrogens (tertiary/aromatic N) is 2. The van der Waals surface area contributed by atoms with Crippen molar-refractivity contribution in [3.63, 3.8) is 0 Å². The largest absolute Gasteiger partial charge is 0.459 e. The first kappa shape index (κ1) is 13.8. The molecule has 1 aromatic heterocycles. The third-order valence-corrected chi connectivity index (χ3v) is 3.80. The van der Waals surface area contributed by atoms with Crippen molar-refractivity contribution in [1.29, 1.82) is 0 Å². The molecule has 0 aliphatic heterocycles. The third kappa shape index (κ3) is 2.82. The van der Waals surface area contributed by atoms with Crippen LogP contribution in [0, 0.1) is 12.8 Å². The van der Waals surface area contributed by atoms with Crippen molar-refractivity contribution in [2.45, 2.75) is 32.5 Å². The number of hydrogen-bond donors (Lipinski definition) is 0. The van der Waals surface area contributed by atoms with Crippen LogP contribution in [0.15, 0.2) is 36.5 Å². The molecule has 0 N–H and O–H groups in total. The molecule has 3 rings (SSSR count). The van der Waals surface area contributed by atoms with Crippen LogP contribution >= 0.6 is 0 Å². The number of esters is 1. The molecule has 5 heteroatoms. The molecule has 110 valence electrons.